The van der Waals surface area contributed by atoms with Crippen LogP contribution in [-0.2, 0) is 10.0 Å². The second-order valence-electron chi connectivity index (χ2n) is 8.28. The fourth-order valence-electron chi connectivity index (χ4n) is 3.84. The average Bonchev–Trinajstić information content (AvgIpc) is 3.34. The smallest absolute Gasteiger partial charge is 0.288 e. The molecule has 0 unspecified atom stereocenters. The Kier molecular flexibility index (Phi) is 6.46. The summed E-state index contributed by atoms with van der Waals surface area (Å²) < 4.78 is 34.9. The van der Waals surface area contributed by atoms with Crippen molar-refractivity contribution >= 4 is 54.8 Å². The molecule has 0 spiro atoms. The summed E-state index contributed by atoms with van der Waals surface area (Å²) in [4.78, 5) is 30.3. The highest BCUT2D eigenvalue weighted by molar-refractivity contribution is 7.92. The van der Waals surface area contributed by atoms with Gasteiger partial charge in [-0.1, -0.05) is 18.5 Å². The van der Waals surface area contributed by atoms with Crippen LogP contribution in [0, 0.1) is 10.1 Å². The van der Waals surface area contributed by atoms with Gasteiger partial charge < -0.3 is 9.72 Å². The molecular formula is C24H19ClN6O6S. The van der Waals surface area contributed by atoms with Crippen LogP contribution in [0.2, 0.25) is 5.02 Å². The topological polar surface area (TPSA) is 173 Å². The molecule has 38 heavy (non-hydrogen) atoms. The summed E-state index contributed by atoms with van der Waals surface area (Å²) in [6, 6.07) is 11.4. The Balaban J connectivity index is 1.61. The molecule has 0 fully saturated rings. The minimum Gasteiger partial charge on any atom is -0.493 e. The van der Waals surface area contributed by atoms with Crippen LogP contribution in [0.3, 0.4) is 0 Å². The van der Waals surface area contributed by atoms with Gasteiger partial charge in [-0.25, -0.2) is 13.4 Å². The first-order chi connectivity index (χ1) is 18.2. The van der Waals surface area contributed by atoms with Crippen LogP contribution >= 0.6 is 11.6 Å². The minimum atomic E-state index is -4.06. The molecule has 0 atom stereocenters. The van der Waals surface area contributed by atoms with E-state index < -0.39 is 26.2 Å². The number of fused-ring (bicyclic) bond motifs is 2. The summed E-state index contributed by atoms with van der Waals surface area (Å²) in [5.74, 6) is 0.302. The molecule has 2 aromatic heterocycles. The molecule has 5 aromatic rings. The fraction of sp³-hybridized carbons (Fsp3) is 0.125. The van der Waals surface area contributed by atoms with E-state index in [4.69, 9.17) is 16.3 Å². The summed E-state index contributed by atoms with van der Waals surface area (Å²) in [6.45, 7) is 2.24. The third-order valence-electron chi connectivity index (χ3n) is 5.64. The van der Waals surface area contributed by atoms with Crippen molar-refractivity contribution in [3.8, 4) is 17.1 Å². The van der Waals surface area contributed by atoms with Crippen LogP contribution < -0.4 is 15.0 Å². The summed E-state index contributed by atoms with van der Waals surface area (Å²) in [6.07, 6.45) is 2.26. The van der Waals surface area contributed by atoms with E-state index in [-0.39, 0.29) is 32.2 Å². The SMILES string of the molecule is CCCOc1ccc(S(=O)(=O)Nc2ccc3[nH]ncc3c2)cc1-c1nc2cc(Cl)c([N+](=O)[O-])cc2c(=O)[nH]1. The molecule has 194 valence electrons. The molecule has 3 N–H and O–H groups in total. The third kappa shape index (κ3) is 4.76. The first-order valence-electron chi connectivity index (χ1n) is 11.3. The number of nitrogens with one attached hydrogen (secondary N) is 3. The maximum Gasteiger partial charge on any atom is 0.288 e. The number of halogens is 1. The molecule has 0 amide bonds. The van der Waals surface area contributed by atoms with Crippen molar-refractivity contribution in [2.24, 2.45) is 0 Å². The second kappa shape index (κ2) is 9.76. The van der Waals surface area contributed by atoms with Crippen molar-refractivity contribution in [1.82, 2.24) is 20.2 Å². The van der Waals surface area contributed by atoms with Gasteiger partial charge in [-0.2, -0.15) is 5.10 Å². The van der Waals surface area contributed by atoms with Crippen molar-refractivity contribution in [3.05, 3.63) is 80.2 Å². The van der Waals surface area contributed by atoms with E-state index in [0.717, 1.165) is 17.0 Å². The number of ether oxygens (including phenoxy) is 1. The van der Waals surface area contributed by atoms with Crippen molar-refractivity contribution in [2.75, 3.05) is 11.3 Å². The summed E-state index contributed by atoms with van der Waals surface area (Å²) in [5.41, 5.74) is 0.301. The third-order valence-corrected chi connectivity index (χ3v) is 7.32. The zero-order valence-corrected chi connectivity index (χ0v) is 21.3. The van der Waals surface area contributed by atoms with Gasteiger partial charge in [-0.3, -0.25) is 24.7 Å². The van der Waals surface area contributed by atoms with E-state index >= 15 is 0 Å². The lowest BCUT2D eigenvalue weighted by molar-refractivity contribution is -0.384. The van der Waals surface area contributed by atoms with Gasteiger partial charge >= 0.3 is 0 Å². The first-order valence-corrected chi connectivity index (χ1v) is 13.1. The van der Waals surface area contributed by atoms with E-state index in [1.807, 2.05) is 6.92 Å². The molecule has 0 bridgehead atoms. The number of aromatic amines is 2. The fourth-order valence-corrected chi connectivity index (χ4v) is 5.14. The van der Waals surface area contributed by atoms with Gasteiger partial charge in [0.05, 0.1) is 44.6 Å². The number of H-pyrrole nitrogens is 2. The zero-order valence-electron chi connectivity index (χ0n) is 19.7. The number of nitro benzene ring substituents is 1. The molecule has 0 aliphatic heterocycles. The van der Waals surface area contributed by atoms with Gasteiger partial charge in [-0.15, -0.1) is 0 Å². The predicted molar refractivity (Wildman–Crippen MR) is 142 cm³/mol. The van der Waals surface area contributed by atoms with E-state index in [0.29, 0.717) is 24.5 Å². The lowest BCUT2D eigenvalue weighted by Gasteiger charge is -2.14. The lowest BCUT2D eigenvalue weighted by Crippen LogP contribution is -2.14. The monoisotopic (exact) mass is 554 g/mol. The Hall–Kier alpha value is -4.49. The number of rotatable bonds is 8. The highest BCUT2D eigenvalue weighted by Gasteiger charge is 2.21. The molecule has 0 saturated carbocycles. The number of anilines is 1. The van der Waals surface area contributed by atoms with Gasteiger partial charge in [0.25, 0.3) is 21.3 Å². The van der Waals surface area contributed by atoms with Crippen molar-refractivity contribution in [3.63, 3.8) is 0 Å². The molecule has 12 nitrogen and oxygen atoms in total. The molecule has 0 aliphatic carbocycles. The largest absolute Gasteiger partial charge is 0.493 e. The Morgan fingerprint density at radius 1 is 1.16 bits per heavy atom. The highest BCUT2D eigenvalue weighted by atomic mass is 35.5. The van der Waals surface area contributed by atoms with E-state index in [9.17, 15) is 23.3 Å². The summed E-state index contributed by atoms with van der Waals surface area (Å²) >= 11 is 6.03. The van der Waals surface area contributed by atoms with Gasteiger partial charge in [0.15, 0.2) is 0 Å². The molecule has 0 aliphatic rings. The number of hydrogen-bond donors (Lipinski definition) is 3. The molecule has 0 saturated heterocycles. The van der Waals surface area contributed by atoms with Gasteiger partial charge in [0, 0.05) is 17.1 Å². The van der Waals surface area contributed by atoms with Crippen LogP contribution in [-0.4, -0.2) is 40.1 Å². The Labute approximate surface area is 219 Å². The molecular weight excluding hydrogens is 536 g/mol. The number of nitrogens with zero attached hydrogens (tertiary/aromatic N) is 3. The van der Waals surface area contributed by atoms with Crippen LogP contribution in [0.5, 0.6) is 5.75 Å². The number of sulfonamides is 1. The van der Waals surface area contributed by atoms with E-state index in [1.165, 1.54) is 24.3 Å². The van der Waals surface area contributed by atoms with Gasteiger partial charge in [0.2, 0.25) is 0 Å². The molecule has 0 radical (unpaired) electrons. The number of nitro groups is 1. The van der Waals surface area contributed by atoms with E-state index in [2.05, 4.69) is 24.9 Å². The lowest BCUT2D eigenvalue weighted by atomic mass is 10.1. The maximum absolute atomic E-state index is 13.3. The summed E-state index contributed by atoms with van der Waals surface area (Å²) in [5, 5.41) is 18.5. The van der Waals surface area contributed by atoms with Crippen LogP contribution in [0.15, 0.2) is 64.4 Å². The number of benzene rings is 3. The number of hydrogen-bond acceptors (Lipinski definition) is 8. The second-order valence-corrected chi connectivity index (χ2v) is 10.4. The van der Waals surface area contributed by atoms with Crippen molar-refractivity contribution < 1.29 is 18.1 Å². The normalized spacial score (nSPS) is 11.6. The standard InChI is InChI=1S/C24H19ClN6O6S/c1-2-7-37-22-6-4-15(38(35,36)30-14-3-5-19-13(8-14)12-26-29-19)9-17(22)23-27-20-11-18(25)21(31(33)34)10-16(20)24(32)28-23/h3-6,8-12,30H,2,7H2,1H3,(H,26,29)(H,27,28,32). The summed E-state index contributed by atoms with van der Waals surface area (Å²) in [7, 11) is -4.06. The van der Waals surface area contributed by atoms with E-state index in [1.54, 1.807) is 24.4 Å². The van der Waals surface area contributed by atoms with Gasteiger partial charge in [-0.05, 0) is 48.9 Å². The zero-order chi connectivity index (χ0) is 27.0. The highest BCUT2D eigenvalue weighted by Crippen LogP contribution is 2.33. The quantitative estimate of drug-likeness (QED) is 0.184. The Morgan fingerprint density at radius 3 is 2.74 bits per heavy atom. The van der Waals surface area contributed by atoms with Crippen molar-refractivity contribution in [1.29, 1.82) is 0 Å². The minimum absolute atomic E-state index is 0.00962. The Bertz CT molecular complexity index is 1890. The molecule has 5 rings (SSSR count). The van der Waals surface area contributed by atoms with Crippen LogP contribution in [0.25, 0.3) is 33.2 Å². The van der Waals surface area contributed by atoms with Crippen LogP contribution in [0.1, 0.15) is 13.3 Å². The average molecular weight is 555 g/mol. The molecule has 14 heteroatoms. The maximum atomic E-state index is 13.3. The van der Waals surface area contributed by atoms with Gasteiger partial charge in [0.1, 0.15) is 16.6 Å². The van der Waals surface area contributed by atoms with Crippen molar-refractivity contribution in [2.45, 2.75) is 18.2 Å². The predicted octanol–water partition coefficient (Wildman–Crippen LogP) is 4.62. The first kappa shape index (κ1) is 25.2. The number of aromatic nitrogens is 4. The van der Waals surface area contributed by atoms with Crippen LogP contribution in [0.4, 0.5) is 11.4 Å². The molecule has 2 heterocycles. The Morgan fingerprint density at radius 2 is 1.97 bits per heavy atom. The molecule has 3 aromatic carbocycles.